The Kier molecular flexibility index (Phi) is 7.69. The van der Waals surface area contributed by atoms with Crippen molar-refractivity contribution in [2.24, 2.45) is 0 Å². The highest BCUT2D eigenvalue weighted by atomic mass is 19.1. The molecule has 1 aliphatic rings. The van der Waals surface area contributed by atoms with Crippen LogP contribution in [0.5, 0.6) is 0 Å². The summed E-state index contributed by atoms with van der Waals surface area (Å²) in [4.78, 5) is 27.3. The van der Waals surface area contributed by atoms with Crippen molar-refractivity contribution in [1.29, 1.82) is 0 Å². The molecule has 1 amide bonds. The monoisotopic (exact) mass is 387 g/mol. The zero-order valence-corrected chi connectivity index (χ0v) is 15.4. The predicted molar refractivity (Wildman–Crippen MR) is 93.8 cm³/mol. The minimum atomic E-state index is -1.41. The summed E-state index contributed by atoms with van der Waals surface area (Å²) in [5.74, 6) is -1.58. The van der Waals surface area contributed by atoms with Crippen molar-refractivity contribution in [2.75, 3.05) is 11.9 Å². The molecule has 2 heterocycles. The van der Waals surface area contributed by atoms with Crippen molar-refractivity contribution in [1.82, 2.24) is 9.55 Å². The summed E-state index contributed by atoms with van der Waals surface area (Å²) in [6.45, 7) is 3.80. The first kappa shape index (κ1) is 21.3. The number of rotatable bonds is 8. The smallest absolute Gasteiger partial charge is 0.412 e. The minimum Gasteiger partial charge on any atom is -0.449 e. The van der Waals surface area contributed by atoms with Gasteiger partial charge in [-0.1, -0.05) is 32.6 Å². The van der Waals surface area contributed by atoms with Crippen LogP contribution in [0.25, 0.3) is 0 Å². The number of hydrogen-bond acceptors (Lipinski definition) is 7. The molecule has 27 heavy (non-hydrogen) atoms. The number of carbonyl (C=O) groups is 1. The van der Waals surface area contributed by atoms with Gasteiger partial charge in [-0.05, 0) is 13.3 Å². The van der Waals surface area contributed by atoms with Gasteiger partial charge in [0.15, 0.2) is 17.9 Å². The number of halogens is 1. The van der Waals surface area contributed by atoms with Crippen LogP contribution >= 0.6 is 0 Å². The number of nitrogens with zero attached hydrogens (tertiary/aromatic N) is 2. The fourth-order valence-corrected chi connectivity index (χ4v) is 2.78. The molecular formula is C17H26FN3O6. The zero-order chi connectivity index (χ0) is 20.0. The number of nitrogens with one attached hydrogen (secondary N) is 1. The van der Waals surface area contributed by atoms with Gasteiger partial charge in [0, 0.05) is 0 Å². The van der Waals surface area contributed by atoms with Crippen LogP contribution < -0.4 is 11.0 Å². The van der Waals surface area contributed by atoms with E-state index in [0.29, 0.717) is 6.42 Å². The average Bonchev–Trinajstić information content (AvgIpc) is 2.88. The Bertz CT molecular complexity index is 698. The van der Waals surface area contributed by atoms with Gasteiger partial charge in [0.05, 0.1) is 18.9 Å². The van der Waals surface area contributed by atoms with Gasteiger partial charge in [-0.3, -0.25) is 9.88 Å². The van der Waals surface area contributed by atoms with E-state index >= 15 is 0 Å². The maximum Gasteiger partial charge on any atom is 0.412 e. The highest BCUT2D eigenvalue weighted by Crippen LogP contribution is 2.28. The summed E-state index contributed by atoms with van der Waals surface area (Å²) >= 11 is 0. The van der Waals surface area contributed by atoms with E-state index in [-0.39, 0.29) is 6.61 Å². The number of ether oxygens (including phenoxy) is 2. The van der Waals surface area contributed by atoms with Crippen LogP contribution in [0.15, 0.2) is 11.0 Å². The highest BCUT2D eigenvalue weighted by molar-refractivity contribution is 5.83. The second kappa shape index (κ2) is 9.77. The third-order valence-corrected chi connectivity index (χ3v) is 4.36. The lowest BCUT2D eigenvalue weighted by atomic mass is 10.1. The maximum atomic E-state index is 14.2. The summed E-state index contributed by atoms with van der Waals surface area (Å²) in [5, 5.41) is 21.7. The third-order valence-electron chi connectivity index (χ3n) is 4.36. The summed E-state index contributed by atoms with van der Waals surface area (Å²) in [6.07, 6.45) is 0.137. The lowest BCUT2D eigenvalue weighted by molar-refractivity contribution is -0.0355. The van der Waals surface area contributed by atoms with Gasteiger partial charge >= 0.3 is 11.8 Å². The van der Waals surface area contributed by atoms with Crippen LogP contribution in [0.4, 0.5) is 15.0 Å². The molecule has 1 aromatic rings. The van der Waals surface area contributed by atoms with Gasteiger partial charge in [0.2, 0.25) is 0 Å². The number of carbonyl (C=O) groups excluding carboxylic acids is 1. The van der Waals surface area contributed by atoms with E-state index in [1.165, 1.54) is 6.92 Å². The van der Waals surface area contributed by atoms with Gasteiger partial charge in [0.25, 0.3) is 0 Å². The van der Waals surface area contributed by atoms with Crippen LogP contribution in [0.2, 0.25) is 0 Å². The minimum absolute atomic E-state index is 0.187. The number of anilines is 1. The van der Waals surface area contributed by atoms with E-state index in [9.17, 15) is 24.2 Å². The van der Waals surface area contributed by atoms with Crippen molar-refractivity contribution < 1.29 is 28.9 Å². The highest BCUT2D eigenvalue weighted by Gasteiger charge is 2.42. The molecule has 9 nitrogen and oxygen atoms in total. The van der Waals surface area contributed by atoms with Crippen LogP contribution in [-0.2, 0) is 9.47 Å². The SMILES string of the molecule is CCCCCCCOC(=O)Nc1nc(=O)n([C@@H]2O[C@H](C)[C@@H](O)[C@H]2O)cc1F. The second-order valence-corrected chi connectivity index (χ2v) is 6.52. The largest absolute Gasteiger partial charge is 0.449 e. The summed E-state index contributed by atoms with van der Waals surface area (Å²) < 4.78 is 25.1. The number of unbranched alkanes of at least 4 members (excludes halogenated alkanes) is 4. The van der Waals surface area contributed by atoms with Crippen LogP contribution in [0.3, 0.4) is 0 Å². The molecule has 0 aliphatic carbocycles. The molecule has 0 aromatic carbocycles. The van der Waals surface area contributed by atoms with Gasteiger partial charge < -0.3 is 19.7 Å². The lowest BCUT2D eigenvalue weighted by Crippen LogP contribution is -2.36. The van der Waals surface area contributed by atoms with Crippen LogP contribution in [-0.4, -0.2) is 50.8 Å². The van der Waals surface area contributed by atoms with Crippen molar-refractivity contribution >= 4 is 11.9 Å². The molecule has 152 valence electrons. The molecule has 0 saturated carbocycles. The number of amides is 1. The van der Waals surface area contributed by atoms with Crippen molar-refractivity contribution in [3.8, 4) is 0 Å². The van der Waals surface area contributed by atoms with E-state index in [0.717, 1.165) is 36.4 Å². The first-order valence-corrected chi connectivity index (χ1v) is 9.09. The summed E-state index contributed by atoms with van der Waals surface area (Å²) in [5.41, 5.74) is -0.948. The Morgan fingerprint density at radius 3 is 2.67 bits per heavy atom. The number of hydrogen-bond donors (Lipinski definition) is 3. The Morgan fingerprint density at radius 2 is 2.04 bits per heavy atom. The van der Waals surface area contributed by atoms with Crippen LogP contribution in [0.1, 0.15) is 52.2 Å². The third kappa shape index (κ3) is 5.47. The van der Waals surface area contributed by atoms with E-state index in [2.05, 4.69) is 17.2 Å². The average molecular weight is 387 g/mol. The Labute approximate surface area is 156 Å². The first-order valence-electron chi connectivity index (χ1n) is 9.09. The molecule has 1 fully saturated rings. The van der Waals surface area contributed by atoms with Gasteiger partial charge in [0.1, 0.15) is 12.2 Å². The Morgan fingerprint density at radius 1 is 1.33 bits per heavy atom. The first-order chi connectivity index (χ1) is 12.8. The fraction of sp³-hybridized carbons (Fsp3) is 0.706. The molecule has 4 atom stereocenters. The number of aliphatic hydroxyl groups is 2. The standard InChI is InChI=1S/C17H26FN3O6/c1-3-4-5-6-7-8-26-17(25)20-14-11(18)9-21(16(24)19-14)15-13(23)12(22)10(2)27-15/h9-10,12-13,15,22-23H,3-8H2,1-2H3,(H,19,20,24,25)/t10-,12-,13-,15-/m1/s1. The van der Waals surface area contributed by atoms with Crippen LogP contribution in [0, 0.1) is 5.82 Å². The Balaban J connectivity index is 1.95. The maximum absolute atomic E-state index is 14.2. The van der Waals surface area contributed by atoms with Crippen molar-refractivity contribution in [3.63, 3.8) is 0 Å². The molecule has 2 rings (SSSR count). The Hall–Kier alpha value is -2.04. The molecule has 0 spiro atoms. The molecule has 0 bridgehead atoms. The molecule has 0 unspecified atom stereocenters. The van der Waals surface area contributed by atoms with Gasteiger partial charge in [-0.15, -0.1) is 0 Å². The van der Waals surface area contributed by atoms with Crippen molar-refractivity contribution in [3.05, 3.63) is 22.5 Å². The molecular weight excluding hydrogens is 361 g/mol. The summed E-state index contributed by atoms with van der Waals surface area (Å²) in [6, 6.07) is 0. The van der Waals surface area contributed by atoms with Gasteiger partial charge in [-0.25, -0.2) is 14.0 Å². The van der Waals surface area contributed by atoms with E-state index in [1.54, 1.807) is 0 Å². The molecule has 1 aliphatic heterocycles. The fourth-order valence-electron chi connectivity index (χ4n) is 2.78. The lowest BCUT2D eigenvalue weighted by Gasteiger charge is -2.17. The summed E-state index contributed by atoms with van der Waals surface area (Å²) in [7, 11) is 0. The topological polar surface area (TPSA) is 123 Å². The number of aliphatic hydroxyl groups excluding tert-OH is 2. The molecule has 1 saturated heterocycles. The quantitative estimate of drug-likeness (QED) is 0.578. The second-order valence-electron chi connectivity index (χ2n) is 6.52. The van der Waals surface area contributed by atoms with E-state index in [1.807, 2.05) is 0 Å². The van der Waals surface area contributed by atoms with E-state index < -0.39 is 48.0 Å². The zero-order valence-electron chi connectivity index (χ0n) is 15.4. The predicted octanol–water partition coefficient (Wildman–Crippen LogP) is 1.54. The molecule has 3 N–H and O–H groups in total. The van der Waals surface area contributed by atoms with Gasteiger partial charge in [-0.2, -0.15) is 4.98 Å². The molecule has 10 heteroatoms. The normalized spacial score (nSPS) is 24.8. The molecule has 0 radical (unpaired) electrons. The molecule has 1 aromatic heterocycles. The van der Waals surface area contributed by atoms with E-state index in [4.69, 9.17) is 9.47 Å². The van der Waals surface area contributed by atoms with Crippen molar-refractivity contribution in [2.45, 2.75) is 70.5 Å². The number of aromatic nitrogens is 2.